The number of anilines is 3. The zero-order valence-corrected chi connectivity index (χ0v) is 38.2. The Bertz CT molecular complexity index is 2780. The van der Waals surface area contributed by atoms with Crippen molar-refractivity contribution in [3.63, 3.8) is 0 Å². The van der Waals surface area contributed by atoms with Crippen LogP contribution in [-0.4, -0.2) is 90.8 Å². The van der Waals surface area contributed by atoms with Crippen LogP contribution in [0.1, 0.15) is 69.7 Å². The van der Waals surface area contributed by atoms with Crippen LogP contribution in [0.15, 0.2) is 95.2 Å². The molecule has 65 heavy (non-hydrogen) atoms. The monoisotopic (exact) mass is 920 g/mol. The Kier molecular flexibility index (Phi) is 13.1. The molecule has 18 heteroatoms. The predicted molar refractivity (Wildman–Crippen MR) is 250 cm³/mol. The number of methoxy groups -OCH3 is 1. The lowest BCUT2D eigenvalue weighted by Crippen LogP contribution is -2.56. The highest BCUT2D eigenvalue weighted by atomic mass is 32.2. The van der Waals surface area contributed by atoms with Crippen molar-refractivity contribution in [3.05, 3.63) is 95.9 Å². The number of ether oxygens (including phenoxy) is 2. The Morgan fingerprint density at radius 3 is 2.58 bits per heavy atom. The van der Waals surface area contributed by atoms with Crippen LogP contribution in [0.25, 0.3) is 22.3 Å². The molecule has 1 saturated carbocycles. The first-order valence-electron chi connectivity index (χ1n) is 21.7. The number of thiazole rings is 1. The third-order valence-corrected chi connectivity index (χ3v) is 13.8. The number of likely N-dealkylation sites (tertiary alicyclic amines) is 1. The normalized spacial score (nSPS) is 22.2. The molecule has 0 spiro atoms. The second-order valence-corrected chi connectivity index (χ2v) is 19.3. The van der Waals surface area contributed by atoms with Gasteiger partial charge in [0, 0.05) is 54.7 Å². The third kappa shape index (κ3) is 9.93. The second kappa shape index (κ2) is 18.9. The first-order valence-corrected chi connectivity index (χ1v) is 24.0. The Balaban J connectivity index is 1.14. The minimum absolute atomic E-state index is 0.00386. The van der Waals surface area contributed by atoms with E-state index in [1.165, 1.54) is 29.2 Å². The van der Waals surface area contributed by atoms with E-state index in [1.54, 1.807) is 67.8 Å². The molecule has 4 atom stereocenters. The number of carbonyl (C=O) groups excluding carboxylic acids is 4. The Morgan fingerprint density at radius 2 is 1.78 bits per heavy atom. The van der Waals surface area contributed by atoms with E-state index in [9.17, 15) is 27.6 Å². The first-order chi connectivity index (χ1) is 31.2. The summed E-state index contributed by atoms with van der Waals surface area (Å²) in [6.07, 6.45) is 6.57. The average molecular weight is 921 g/mol. The van der Waals surface area contributed by atoms with Gasteiger partial charge < -0.3 is 35.6 Å². The third-order valence-electron chi connectivity index (χ3n) is 11.6. The smallest absolute Gasteiger partial charge is 0.266 e. The van der Waals surface area contributed by atoms with Crippen LogP contribution in [0.5, 0.6) is 11.5 Å². The van der Waals surface area contributed by atoms with Gasteiger partial charge in [0.05, 0.1) is 41.8 Å². The molecule has 1 saturated heterocycles. The first kappa shape index (κ1) is 45.1. The van der Waals surface area contributed by atoms with Gasteiger partial charge in [-0.25, -0.2) is 23.1 Å². The molecule has 3 aromatic carbocycles. The lowest BCUT2D eigenvalue weighted by Gasteiger charge is -2.27. The highest BCUT2D eigenvalue weighted by Gasteiger charge is 2.61. The number of fused-ring (bicyclic) bond motifs is 3. The van der Waals surface area contributed by atoms with Crippen LogP contribution in [-0.2, 0) is 24.4 Å². The van der Waals surface area contributed by atoms with Crippen LogP contribution < -0.4 is 35.5 Å². The molecule has 2 aliphatic heterocycles. The molecule has 2 fully saturated rings. The summed E-state index contributed by atoms with van der Waals surface area (Å²) in [5, 5.41) is 15.4. The second-order valence-electron chi connectivity index (χ2n) is 16.8. The van der Waals surface area contributed by atoms with E-state index in [-0.39, 0.29) is 47.5 Å². The largest absolute Gasteiger partial charge is 0.497 e. The summed E-state index contributed by atoms with van der Waals surface area (Å²) in [6.45, 7) is 5.88. The van der Waals surface area contributed by atoms with E-state index in [2.05, 4.69) is 26.0 Å². The molecule has 5 N–H and O–H groups in total. The molecular weight excluding hydrogens is 869 g/mol. The number of amides is 4. The average Bonchev–Trinajstić information content (AvgIpc) is 3.53. The van der Waals surface area contributed by atoms with Crippen molar-refractivity contribution in [3.8, 4) is 22.9 Å². The van der Waals surface area contributed by atoms with Crippen LogP contribution in [0.4, 0.5) is 16.5 Å². The molecule has 340 valence electrons. The number of hydrogen-bond acceptors (Lipinski definition) is 13. The van der Waals surface area contributed by atoms with E-state index < -0.39 is 51.3 Å². The lowest BCUT2D eigenvalue weighted by molar-refractivity contribution is -0.131. The van der Waals surface area contributed by atoms with Crippen molar-refractivity contribution in [2.45, 2.75) is 87.9 Å². The lowest BCUT2D eigenvalue weighted by atomic mass is 10.1. The van der Waals surface area contributed by atoms with Crippen molar-refractivity contribution in [1.29, 1.82) is 0 Å². The van der Waals surface area contributed by atoms with Crippen LogP contribution in [0, 0.1) is 5.92 Å². The molecule has 4 amide bonds. The number of hydrogen-bond donors (Lipinski definition) is 5. The molecule has 0 radical (unpaired) electrons. The number of nitrogens with one attached hydrogen (secondary N) is 5. The van der Waals surface area contributed by atoms with E-state index >= 15 is 0 Å². The fourth-order valence-corrected chi connectivity index (χ4v) is 10.4. The number of para-hydroxylation sites is 2. The summed E-state index contributed by atoms with van der Waals surface area (Å²) in [5.74, 6) is -1.99. The van der Waals surface area contributed by atoms with E-state index in [1.807, 2.05) is 37.4 Å². The summed E-state index contributed by atoms with van der Waals surface area (Å²) < 4.78 is 42.3. The molecule has 4 heterocycles. The summed E-state index contributed by atoms with van der Waals surface area (Å²) in [4.78, 5) is 67.0. The van der Waals surface area contributed by atoms with Crippen LogP contribution in [0.3, 0.4) is 0 Å². The maximum absolute atomic E-state index is 14.8. The van der Waals surface area contributed by atoms with Crippen molar-refractivity contribution in [2.75, 3.05) is 36.1 Å². The SMILES string of the molecule is COc1ccc2c(O[C@@H]3C[C@@H](C(=O)N[C@]45C[C@H]4/C=C\CCCCCNc4ccccc4S(=O)(=O)NC5=O)N(C(=O)c4ccccc4NC(C)=O)C3)cc(-c3csc(NC(C)C)n3)nc2c1. The fourth-order valence-electron chi connectivity index (χ4n) is 8.34. The van der Waals surface area contributed by atoms with Crippen LogP contribution in [0.2, 0.25) is 0 Å². The topological polar surface area (TPSA) is 210 Å². The summed E-state index contributed by atoms with van der Waals surface area (Å²) >= 11 is 1.45. The number of sulfonamides is 1. The summed E-state index contributed by atoms with van der Waals surface area (Å²) in [5.41, 5.74) is 0.872. The zero-order chi connectivity index (χ0) is 45.9. The summed E-state index contributed by atoms with van der Waals surface area (Å²) in [7, 11) is -2.83. The van der Waals surface area contributed by atoms with Gasteiger partial charge in [0.1, 0.15) is 39.8 Å². The van der Waals surface area contributed by atoms with Crippen molar-refractivity contribution >= 4 is 72.4 Å². The molecule has 0 bridgehead atoms. The van der Waals surface area contributed by atoms with Gasteiger partial charge in [-0.2, -0.15) is 0 Å². The maximum Gasteiger partial charge on any atom is 0.266 e. The van der Waals surface area contributed by atoms with E-state index in [0.717, 1.165) is 30.8 Å². The van der Waals surface area contributed by atoms with Gasteiger partial charge in [0.2, 0.25) is 11.8 Å². The highest BCUT2D eigenvalue weighted by Crippen LogP contribution is 2.46. The van der Waals surface area contributed by atoms with Gasteiger partial charge in [0.15, 0.2) is 5.13 Å². The molecular formula is C47H52N8O8S2. The van der Waals surface area contributed by atoms with Crippen LogP contribution >= 0.6 is 11.3 Å². The van der Waals surface area contributed by atoms with Gasteiger partial charge in [-0.05, 0) is 75.9 Å². The minimum atomic E-state index is -4.39. The van der Waals surface area contributed by atoms with Gasteiger partial charge in [-0.3, -0.25) is 19.2 Å². The molecule has 3 aliphatic rings. The number of nitrogens with zero attached hydrogens (tertiary/aromatic N) is 3. The molecule has 16 nitrogen and oxygen atoms in total. The number of pyridine rings is 1. The number of carbonyl (C=O) groups is 4. The molecule has 2 aromatic heterocycles. The van der Waals surface area contributed by atoms with E-state index in [4.69, 9.17) is 19.4 Å². The van der Waals surface area contributed by atoms with Gasteiger partial charge >= 0.3 is 0 Å². The zero-order valence-electron chi connectivity index (χ0n) is 36.6. The fraction of sp³-hybridized carbons (Fsp3) is 0.362. The Hall–Kier alpha value is -6.53. The summed E-state index contributed by atoms with van der Waals surface area (Å²) in [6, 6.07) is 19.1. The molecule has 1 aliphatic carbocycles. The quantitative estimate of drug-likeness (QED) is 0.0924. The van der Waals surface area contributed by atoms with Crippen molar-refractivity contribution < 1.29 is 37.1 Å². The molecule has 0 unspecified atom stereocenters. The Morgan fingerprint density at radius 1 is 0.985 bits per heavy atom. The number of allylic oxidation sites excluding steroid dienone is 1. The number of benzene rings is 3. The van der Waals surface area contributed by atoms with Crippen molar-refractivity contribution in [2.24, 2.45) is 5.92 Å². The molecule has 5 aromatic rings. The van der Waals surface area contributed by atoms with Crippen molar-refractivity contribution in [1.82, 2.24) is 24.9 Å². The number of rotatable bonds is 10. The van der Waals surface area contributed by atoms with Gasteiger partial charge in [-0.15, -0.1) is 11.3 Å². The molecule has 8 rings (SSSR count). The van der Waals surface area contributed by atoms with Gasteiger partial charge in [0.25, 0.3) is 21.8 Å². The Labute approximate surface area is 381 Å². The number of aromatic nitrogens is 2. The maximum atomic E-state index is 14.8. The highest BCUT2D eigenvalue weighted by molar-refractivity contribution is 7.90. The minimum Gasteiger partial charge on any atom is -0.497 e. The van der Waals surface area contributed by atoms with E-state index in [0.29, 0.717) is 46.0 Å². The standard InChI is InChI=1S/C47H52N8O8S2/c1-28(2)49-46-52-39(27-64-46)38-24-41(33-20-19-31(62-4)22-37(33)51-38)63-32-23-40(55(26-32)44(58)34-15-9-10-16-35(34)50-29(3)56)43(57)53-47-25-30(47)14-8-6-5-7-13-21-48-36-17-11-12-18-42(36)65(60,61)54-45(47)59/h8-12,14-20,22,24,27-28,30,32,40,48H,5-7,13,21,23,25-26H2,1-4H3,(H,49,52)(H,50,56)(H,53,57)(H,54,59)/b14-8-/t30-,32-,40+,47-/m1/s1. The van der Waals surface area contributed by atoms with Gasteiger partial charge in [-0.1, -0.05) is 42.8 Å². The predicted octanol–water partition coefficient (Wildman–Crippen LogP) is 6.73.